The molecule has 1 aliphatic carbocycles. The fourth-order valence-electron chi connectivity index (χ4n) is 2.98. The maximum Gasteiger partial charge on any atom is 0.256 e. The molecule has 22 heavy (non-hydrogen) atoms. The predicted molar refractivity (Wildman–Crippen MR) is 85.3 cm³/mol. The zero-order chi connectivity index (χ0) is 15.4. The summed E-state index contributed by atoms with van der Waals surface area (Å²) >= 11 is 0. The standard InChI is InChI=1S/C17H21N3O2/c1-22-15-9-5-6-13(12-15)17(21)19-16-10-11-18-20(16)14-7-3-2-4-8-14/h5-6,9-12,14H,2-4,7-8H2,1H3,(H,19,21). The topological polar surface area (TPSA) is 56.1 Å². The van der Waals surface area contributed by atoms with Crippen molar-refractivity contribution in [1.29, 1.82) is 0 Å². The smallest absolute Gasteiger partial charge is 0.256 e. The van der Waals surface area contributed by atoms with E-state index in [9.17, 15) is 4.79 Å². The third-order valence-electron chi connectivity index (χ3n) is 4.16. The fourth-order valence-corrected chi connectivity index (χ4v) is 2.98. The first-order valence-corrected chi connectivity index (χ1v) is 7.77. The number of ether oxygens (including phenoxy) is 1. The highest BCUT2D eigenvalue weighted by molar-refractivity contribution is 6.04. The number of nitrogens with zero attached hydrogens (tertiary/aromatic N) is 2. The molecule has 1 aromatic carbocycles. The molecule has 0 radical (unpaired) electrons. The second-order valence-electron chi connectivity index (χ2n) is 5.64. The molecule has 0 atom stereocenters. The molecule has 1 aromatic heterocycles. The van der Waals surface area contributed by atoms with Crippen LogP contribution in [0.2, 0.25) is 0 Å². The monoisotopic (exact) mass is 299 g/mol. The molecule has 1 N–H and O–H groups in total. The van der Waals surface area contributed by atoms with Gasteiger partial charge in [0.1, 0.15) is 11.6 Å². The molecule has 0 saturated heterocycles. The number of hydrogen-bond donors (Lipinski definition) is 1. The number of carbonyl (C=O) groups is 1. The SMILES string of the molecule is COc1cccc(C(=O)Nc2ccnn2C2CCCCC2)c1. The van der Waals surface area contributed by atoms with E-state index in [1.165, 1.54) is 19.3 Å². The summed E-state index contributed by atoms with van der Waals surface area (Å²) in [5.41, 5.74) is 0.579. The zero-order valence-corrected chi connectivity index (χ0v) is 12.8. The Balaban J connectivity index is 1.75. The predicted octanol–water partition coefficient (Wildman–Crippen LogP) is 3.65. The molecule has 116 valence electrons. The molecule has 3 rings (SSSR count). The first-order chi connectivity index (χ1) is 10.8. The van der Waals surface area contributed by atoms with E-state index in [1.807, 2.05) is 22.9 Å². The lowest BCUT2D eigenvalue weighted by atomic mass is 9.96. The molecular formula is C17H21N3O2. The number of aromatic nitrogens is 2. The van der Waals surface area contributed by atoms with E-state index in [-0.39, 0.29) is 5.91 Å². The second kappa shape index (κ2) is 6.64. The van der Waals surface area contributed by atoms with Crippen LogP contribution in [0.3, 0.4) is 0 Å². The number of amides is 1. The van der Waals surface area contributed by atoms with Gasteiger partial charge in [0.2, 0.25) is 0 Å². The van der Waals surface area contributed by atoms with Gasteiger partial charge in [0, 0.05) is 11.6 Å². The number of hydrogen-bond acceptors (Lipinski definition) is 3. The van der Waals surface area contributed by atoms with Crippen molar-refractivity contribution >= 4 is 11.7 Å². The van der Waals surface area contributed by atoms with Gasteiger partial charge in [-0.15, -0.1) is 0 Å². The Kier molecular flexibility index (Phi) is 4.42. The summed E-state index contributed by atoms with van der Waals surface area (Å²) in [6.45, 7) is 0. The Morgan fingerprint density at radius 2 is 2.09 bits per heavy atom. The fraction of sp³-hybridized carbons (Fsp3) is 0.412. The van der Waals surface area contributed by atoms with Crippen LogP contribution in [0.4, 0.5) is 5.82 Å². The van der Waals surface area contributed by atoms with E-state index in [0.29, 0.717) is 17.4 Å². The number of nitrogens with one attached hydrogen (secondary N) is 1. The van der Waals surface area contributed by atoms with Crippen molar-refractivity contribution < 1.29 is 9.53 Å². The van der Waals surface area contributed by atoms with Gasteiger partial charge in [-0.25, -0.2) is 4.68 Å². The third kappa shape index (κ3) is 3.13. The maximum atomic E-state index is 12.4. The molecule has 0 aliphatic heterocycles. The summed E-state index contributed by atoms with van der Waals surface area (Å²) < 4.78 is 7.12. The minimum Gasteiger partial charge on any atom is -0.497 e. The molecule has 1 amide bonds. The van der Waals surface area contributed by atoms with Crippen LogP contribution in [0, 0.1) is 0 Å². The molecular weight excluding hydrogens is 278 g/mol. The first kappa shape index (κ1) is 14.6. The quantitative estimate of drug-likeness (QED) is 0.937. The number of benzene rings is 1. The van der Waals surface area contributed by atoms with Gasteiger partial charge in [0.05, 0.1) is 19.3 Å². The van der Waals surface area contributed by atoms with Crippen LogP contribution < -0.4 is 10.1 Å². The van der Waals surface area contributed by atoms with Crippen LogP contribution >= 0.6 is 0 Å². The highest BCUT2D eigenvalue weighted by atomic mass is 16.5. The minimum absolute atomic E-state index is 0.142. The molecule has 1 aliphatic rings. The van der Waals surface area contributed by atoms with E-state index in [4.69, 9.17) is 4.74 Å². The first-order valence-electron chi connectivity index (χ1n) is 7.77. The lowest BCUT2D eigenvalue weighted by Gasteiger charge is -2.23. The van der Waals surface area contributed by atoms with Crippen molar-refractivity contribution in [3.63, 3.8) is 0 Å². The van der Waals surface area contributed by atoms with Gasteiger partial charge in [-0.2, -0.15) is 5.10 Å². The van der Waals surface area contributed by atoms with Gasteiger partial charge in [-0.3, -0.25) is 4.79 Å². The van der Waals surface area contributed by atoms with Gasteiger partial charge in [-0.1, -0.05) is 25.3 Å². The molecule has 1 saturated carbocycles. The Bertz CT molecular complexity index is 645. The van der Waals surface area contributed by atoms with Gasteiger partial charge >= 0.3 is 0 Å². The Morgan fingerprint density at radius 3 is 2.86 bits per heavy atom. The maximum absolute atomic E-state index is 12.4. The largest absolute Gasteiger partial charge is 0.497 e. The summed E-state index contributed by atoms with van der Waals surface area (Å²) in [4.78, 5) is 12.4. The van der Waals surface area contributed by atoms with Crippen LogP contribution in [0.25, 0.3) is 0 Å². The van der Waals surface area contributed by atoms with Gasteiger partial charge in [0.25, 0.3) is 5.91 Å². The minimum atomic E-state index is -0.142. The van der Waals surface area contributed by atoms with Gasteiger partial charge in [0.15, 0.2) is 0 Å². The highest BCUT2D eigenvalue weighted by Gasteiger charge is 2.19. The number of carbonyl (C=O) groups excluding carboxylic acids is 1. The lowest BCUT2D eigenvalue weighted by Crippen LogP contribution is -2.20. The summed E-state index contributed by atoms with van der Waals surface area (Å²) in [5.74, 6) is 1.30. The molecule has 0 unspecified atom stereocenters. The second-order valence-corrected chi connectivity index (χ2v) is 5.64. The van der Waals surface area contributed by atoms with Gasteiger partial charge < -0.3 is 10.1 Å². The zero-order valence-electron chi connectivity index (χ0n) is 12.8. The van der Waals surface area contributed by atoms with Crippen molar-refractivity contribution in [2.24, 2.45) is 0 Å². The summed E-state index contributed by atoms with van der Waals surface area (Å²) in [7, 11) is 1.59. The van der Waals surface area contributed by atoms with E-state index in [0.717, 1.165) is 18.7 Å². The third-order valence-corrected chi connectivity index (χ3v) is 4.16. The normalized spacial score (nSPS) is 15.5. The van der Waals surface area contributed by atoms with Crippen molar-refractivity contribution in [1.82, 2.24) is 9.78 Å². The molecule has 5 nitrogen and oxygen atoms in total. The van der Waals surface area contributed by atoms with E-state index in [1.54, 1.807) is 25.4 Å². The van der Waals surface area contributed by atoms with Crippen LogP contribution in [-0.2, 0) is 0 Å². The van der Waals surface area contributed by atoms with Crippen LogP contribution in [0.15, 0.2) is 36.5 Å². The Morgan fingerprint density at radius 1 is 1.27 bits per heavy atom. The molecule has 2 aromatic rings. The van der Waals surface area contributed by atoms with Crippen molar-refractivity contribution in [2.45, 2.75) is 38.1 Å². The van der Waals surface area contributed by atoms with Crippen molar-refractivity contribution in [3.05, 3.63) is 42.1 Å². The molecule has 1 heterocycles. The van der Waals surface area contributed by atoms with Gasteiger partial charge in [-0.05, 0) is 31.0 Å². The summed E-state index contributed by atoms with van der Waals surface area (Å²) in [6, 6.07) is 9.39. The number of anilines is 1. The summed E-state index contributed by atoms with van der Waals surface area (Å²) in [5, 5.41) is 7.36. The Labute approximate surface area is 130 Å². The molecule has 5 heteroatoms. The lowest BCUT2D eigenvalue weighted by molar-refractivity contribution is 0.102. The number of methoxy groups -OCH3 is 1. The van der Waals surface area contributed by atoms with Crippen molar-refractivity contribution in [2.75, 3.05) is 12.4 Å². The van der Waals surface area contributed by atoms with Crippen LogP contribution in [-0.4, -0.2) is 22.8 Å². The van der Waals surface area contributed by atoms with E-state index >= 15 is 0 Å². The summed E-state index contributed by atoms with van der Waals surface area (Å²) in [6.07, 6.45) is 7.76. The highest BCUT2D eigenvalue weighted by Crippen LogP contribution is 2.30. The molecule has 0 spiro atoms. The van der Waals surface area contributed by atoms with Crippen LogP contribution in [0.5, 0.6) is 5.75 Å². The van der Waals surface area contributed by atoms with E-state index in [2.05, 4.69) is 10.4 Å². The molecule has 1 fully saturated rings. The van der Waals surface area contributed by atoms with E-state index < -0.39 is 0 Å². The Hall–Kier alpha value is -2.30. The molecule has 0 bridgehead atoms. The average Bonchev–Trinajstić information content (AvgIpc) is 3.04. The van der Waals surface area contributed by atoms with Crippen LogP contribution in [0.1, 0.15) is 48.5 Å². The van der Waals surface area contributed by atoms with Crippen molar-refractivity contribution in [3.8, 4) is 5.75 Å². The number of rotatable bonds is 4. The average molecular weight is 299 g/mol.